The molecule has 2 aromatic carbocycles. The highest BCUT2D eigenvalue weighted by atomic mass is 32.2. The fourth-order valence-corrected chi connectivity index (χ4v) is 3.21. The number of carbonyl (C=O) groups excluding carboxylic acids is 1. The van der Waals surface area contributed by atoms with Crippen LogP contribution in [0.15, 0.2) is 57.8 Å². The van der Waals surface area contributed by atoms with Crippen LogP contribution in [0.5, 0.6) is 0 Å². The standard InChI is InChI=1S/C18H17FN4O4S/c1-23(2)28(25,26)14-9-7-12(8-10-14)17-21-22-18(27-17)16(24)20-11-13-5-3-4-6-15(13)19/h3-10H,11H2,1-2H3,(H,20,24). The van der Waals surface area contributed by atoms with Crippen molar-refractivity contribution in [2.45, 2.75) is 11.4 Å². The number of halogens is 1. The second-order valence-electron chi connectivity index (χ2n) is 6.00. The Morgan fingerprint density at radius 2 is 1.79 bits per heavy atom. The lowest BCUT2D eigenvalue weighted by Crippen LogP contribution is -2.23. The van der Waals surface area contributed by atoms with E-state index in [2.05, 4.69) is 15.5 Å². The SMILES string of the molecule is CN(C)S(=O)(=O)c1ccc(-c2nnc(C(=O)NCc3ccccc3F)o2)cc1. The summed E-state index contributed by atoms with van der Waals surface area (Å²) in [5.74, 6) is -1.29. The van der Waals surface area contributed by atoms with E-state index in [-0.39, 0.29) is 23.2 Å². The zero-order valence-corrected chi connectivity index (χ0v) is 15.9. The normalized spacial score (nSPS) is 11.6. The van der Waals surface area contributed by atoms with Crippen molar-refractivity contribution < 1.29 is 22.0 Å². The second kappa shape index (κ2) is 7.87. The number of nitrogens with zero attached hydrogens (tertiary/aromatic N) is 3. The van der Waals surface area contributed by atoms with Gasteiger partial charge in [-0.05, 0) is 30.3 Å². The van der Waals surface area contributed by atoms with Crippen molar-refractivity contribution in [3.05, 3.63) is 65.8 Å². The molecular weight excluding hydrogens is 387 g/mol. The molecule has 0 fully saturated rings. The Bertz CT molecular complexity index is 1090. The first kappa shape index (κ1) is 19.6. The summed E-state index contributed by atoms with van der Waals surface area (Å²) in [6.07, 6.45) is 0. The van der Waals surface area contributed by atoms with Crippen LogP contribution >= 0.6 is 0 Å². The Morgan fingerprint density at radius 3 is 2.43 bits per heavy atom. The van der Waals surface area contributed by atoms with Crippen molar-refractivity contribution in [3.63, 3.8) is 0 Å². The molecule has 0 bridgehead atoms. The summed E-state index contributed by atoms with van der Waals surface area (Å²) in [7, 11) is -0.673. The molecule has 0 aliphatic heterocycles. The molecular formula is C18H17FN4O4S. The van der Waals surface area contributed by atoms with E-state index in [4.69, 9.17) is 4.42 Å². The van der Waals surface area contributed by atoms with Crippen LogP contribution in [0.4, 0.5) is 4.39 Å². The molecule has 0 spiro atoms. The number of rotatable bonds is 6. The van der Waals surface area contributed by atoms with E-state index in [9.17, 15) is 17.6 Å². The summed E-state index contributed by atoms with van der Waals surface area (Å²) in [5, 5.41) is 9.98. The maximum absolute atomic E-state index is 13.6. The highest BCUT2D eigenvalue weighted by Crippen LogP contribution is 2.21. The lowest BCUT2D eigenvalue weighted by Gasteiger charge is -2.11. The van der Waals surface area contributed by atoms with Crippen molar-refractivity contribution in [3.8, 4) is 11.5 Å². The van der Waals surface area contributed by atoms with Crippen molar-refractivity contribution in [2.24, 2.45) is 0 Å². The van der Waals surface area contributed by atoms with E-state index < -0.39 is 21.7 Å². The highest BCUT2D eigenvalue weighted by Gasteiger charge is 2.19. The quantitative estimate of drug-likeness (QED) is 0.674. The number of nitrogens with one attached hydrogen (secondary N) is 1. The monoisotopic (exact) mass is 404 g/mol. The molecule has 1 amide bonds. The minimum Gasteiger partial charge on any atom is -0.412 e. The third kappa shape index (κ3) is 4.07. The average molecular weight is 404 g/mol. The number of hydrogen-bond acceptors (Lipinski definition) is 6. The predicted molar refractivity (Wildman–Crippen MR) is 98.2 cm³/mol. The van der Waals surface area contributed by atoms with Gasteiger partial charge in [0.15, 0.2) is 0 Å². The van der Waals surface area contributed by atoms with Gasteiger partial charge < -0.3 is 9.73 Å². The van der Waals surface area contributed by atoms with E-state index in [0.29, 0.717) is 11.1 Å². The van der Waals surface area contributed by atoms with Crippen LogP contribution in [0.2, 0.25) is 0 Å². The maximum Gasteiger partial charge on any atom is 0.309 e. The van der Waals surface area contributed by atoms with Gasteiger partial charge in [0, 0.05) is 31.8 Å². The summed E-state index contributed by atoms with van der Waals surface area (Å²) < 4.78 is 44.2. The van der Waals surface area contributed by atoms with E-state index in [0.717, 1.165) is 4.31 Å². The van der Waals surface area contributed by atoms with Crippen molar-refractivity contribution in [2.75, 3.05) is 14.1 Å². The largest absolute Gasteiger partial charge is 0.412 e. The van der Waals surface area contributed by atoms with Gasteiger partial charge in [0.05, 0.1) is 4.90 Å². The molecule has 1 heterocycles. The predicted octanol–water partition coefficient (Wildman–Crippen LogP) is 2.06. The first-order valence-corrected chi connectivity index (χ1v) is 9.61. The molecule has 0 aliphatic rings. The highest BCUT2D eigenvalue weighted by molar-refractivity contribution is 7.89. The number of aromatic nitrogens is 2. The number of hydrogen-bond donors (Lipinski definition) is 1. The molecule has 0 atom stereocenters. The van der Waals surface area contributed by atoms with Gasteiger partial charge in [0.1, 0.15) is 5.82 Å². The summed E-state index contributed by atoms with van der Waals surface area (Å²) in [6, 6.07) is 11.9. The Morgan fingerprint density at radius 1 is 1.11 bits per heavy atom. The van der Waals surface area contributed by atoms with Crippen LogP contribution in [0.25, 0.3) is 11.5 Å². The molecule has 3 rings (SSSR count). The molecule has 0 saturated heterocycles. The van der Waals surface area contributed by atoms with Gasteiger partial charge in [-0.3, -0.25) is 4.79 Å². The molecule has 0 radical (unpaired) electrons. The zero-order valence-electron chi connectivity index (χ0n) is 15.1. The minimum atomic E-state index is -3.55. The molecule has 1 N–H and O–H groups in total. The van der Waals surface area contributed by atoms with Crippen molar-refractivity contribution in [1.29, 1.82) is 0 Å². The molecule has 3 aromatic rings. The van der Waals surface area contributed by atoms with Crippen molar-refractivity contribution in [1.82, 2.24) is 19.8 Å². The van der Waals surface area contributed by atoms with Gasteiger partial charge in [-0.15, -0.1) is 10.2 Å². The van der Waals surface area contributed by atoms with Crippen LogP contribution in [-0.4, -0.2) is 42.9 Å². The molecule has 0 saturated carbocycles. The van der Waals surface area contributed by atoms with Crippen LogP contribution < -0.4 is 5.32 Å². The maximum atomic E-state index is 13.6. The Hall–Kier alpha value is -3.11. The van der Waals surface area contributed by atoms with E-state index >= 15 is 0 Å². The van der Waals surface area contributed by atoms with Gasteiger partial charge in [0.2, 0.25) is 15.9 Å². The number of carbonyl (C=O) groups is 1. The molecule has 1 aromatic heterocycles. The Kier molecular flexibility index (Phi) is 5.52. The van der Waals surface area contributed by atoms with Gasteiger partial charge in [-0.1, -0.05) is 18.2 Å². The molecule has 0 aliphatic carbocycles. The second-order valence-corrected chi connectivity index (χ2v) is 8.15. The van der Waals surface area contributed by atoms with Crippen LogP contribution in [0.1, 0.15) is 16.2 Å². The van der Waals surface area contributed by atoms with Gasteiger partial charge >= 0.3 is 11.8 Å². The fourth-order valence-electron chi connectivity index (χ4n) is 2.30. The summed E-state index contributed by atoms with van der Waals surface area (Å²) in [6.45, 7) is -0.0275. The first-order valence-electron chi connectivity index (χ1n) is 8.17. The molecule has 8 nitrogen and oxygen atoms in total. The van der Waals surface area contributed by atoms with Crippen LogP contribution in [0, 0.1) is 5.82 Å². The Balaban J connectivity index is 1.71. The van der Waals surface area contributed by atoms with Crippen molar-refractivity contribution >= 4 is 15.9 Å². The number of benzene rings is 2. The topological polar surface area (TPSA) is 105 Å². The lowest BCUT2D eigenvalue weighted by atomic mass is 10.2. The van der Waals surface area contributed by atoms with Gasteiger partial charge in [-0.2, -0.15) is 0 Å². The zero-order chi connectivity index (χ0) is 20.3. The summed E-state index contributed by atoms with van der Waals surface area (Å²) >= 11 is 0. The first-order chi connectivity index (χ1) is 13.3. The summed E-state index contributed by atoms with van der Waals surface area (Å²) in [5.41, 5.74) is 0.784. The van der Waals surface area contributed by atoms with Gasteiger partial charge in [-0.25, -0.2) is 17.1 Å². The van der Waals surface area contributed by atoms with Crippen LogP contribution in [-0.2, 0) is 16.6 Å². The van der Waals surface area contributed by atoms with E-state index in [1.807, 2.05) is 0 Å². The Labute approximate surface area is 161 Å². The minimum absolute atomic E-state index is 0.0275. The molecule has 28 heavy (non-hydrogen) atoms. The number of amides is 1. The molecule has 0 unspecified atom stereocenters. The van der Waals surface area contributed by atoms with E-state index in [1.54, 1.807) is 18.2 Å². The third-order valence-electron chi connectivity index (χ3n) is 3.90. The smallest absolute Gasteiger partial charge is 0.309 e. The molecule has 10 heteroatoms. The number of sulfonamides is 1. The van der Waals surface area contributed by atoms with Gasteiger partial charge in [0.25, 0.3) is 0 Å². The summed E-state index contributed by atoms with van der Waals surface area (Å²) in [4.78, 5) is 12.2. The van der Waals surface area contributed by atoms with E-state index in [1.165, 1.54) is 44.4 Å². The molecule has 146 valence electrons. The lowest BCUT2D eigenvalue weighted by molar-refractivity contribution is 0.0916. The fraction of sp³-hybridized carbons (Fsp3) is 0.167. The third-order valence-corrected chi connectivity index (χ3v) is 5.73. The average Bonchev–Trinajstić information content (AvgIpc) is 3.17. The van der Waals surface area contributed by atoms with Crippen LogP contribution in [0.3, 0.4) is 0 Å².